The van der Waals surface area contributed by atoms with Gasteiger partial charge in [0, 0.05) is 29.2 Å². The molecule has 0 aliphatic carbocycles. The Balaban J connectivity index is 2.35. The molecule has 0 saturated heterocycles. The molecule has 0 saturated carbocycles. The van der Waals surface area contributed by atoms with Crippen molar-refractivity contribution in [2.45, 2.75) is 19.3 Å². The molecule has 0 aliphatic heterocycles. The van der Waals surface area contributed by atoms with E-state index in [1.807, 2.05) is 0 Å². The third kappa shape index (κ3) is 6.42. The van der Waals surface area contributed by atoms with E-state index in [2.05, 4.69) is 26.6 Å². The first-order valence-electron chi connectivity index (χ1n) is 6.12. The van der Waals surface area contributed by atoms with Gasteiger partial charge in [-0.05, 0) is 25.0 Å². The van der Waals surface area contributed by atoms with Crippen LogP contribution in [0.3, 0.4) is 0 Å². The molecular weight excluding hydrogens is 328 g/mol. The lowest BCUT2D eigenvalue weighted by atomic mass is 10.2. The standard InChI is InChI=1S/C13H17BrN2O4/c1-20-11-7-9(14)6-10(8-11)16-13(19)15-5-3-2-4-12(17)18/h6-8H,2-5H2,1H3,(H,17,18)(H2,15,16,19). The van der Waals surface area contributed by atoms with Gasteiger partial charge in [0.15, 0.2) is 0 Å². The second-order valence-electron chi connectivity index (χ2n) is 4.11. The minimum atomic E-state index is -0.823. The number of aliphatic carboxylic acids is 1. The second kappa shape index (κ2) is 8.42. The third-order valence-corrected chi connectivity index (χ3v) is 2.93. The van der Waals surface area contributed by atoms with Crippen molar-refractivity contribution in [3.8, 4) is 5.75 Å². The molecule has 0 bridgehead atoms. The molecule has 0 radical (unpaired) electrons. The Morgan fingerprint density at radius 3 is 2.70 bits per heavy atom. The fourth-order valence-corrected chi connectivity index (χ4v) is 2.00. The Labute approximate surface area is 125 Å². The highest BCUT2D eigenvalue weighted by Crippen LogP contribution is 2.24. The minimum absolute atomic E-state index is 0.117. The van der Waals surface area contributed by atoms with Gasteiger partial charge in [-0.25, -0.2) is 4.79 Å². The lowest BCUT2D eigenvalue weighted by Crippen LogP contribution is -2.29. The summed E-state index contributed by atoms with van der Waals surface area (Å²) in [4.78, 5) is 21.9. The number of benzene rings is 1. The largest absolute Gasteiger partial charge is 0.497 e. The molecule has 0 unspecified atom stereocenters. The van der Waals surface area contributed by atoms with Crippen LogP contribution in [0.4, 0.5) is 10.5 Å². The van der Waals surface area contributed by atoms with Crippen molar-refractivity contribution in [3.63, 3.8) is 0 Å². The fraction of sp³-hybridized carbons (Fsp3) is 0.385. The van der Waals surface area contributed by atoms with E-state index < -0.39 is 5.97 Å². The first kappa shape index (κ1) is 16.3. The van der Waals surface area contributed by atoms with Crippen molar-refractivity contribution in [2.75, 3.05) is 19.0 Å². The van der Waals surface area contributed by atoms with Gasteiger partial charge in [0.25, 0.3) is 0 Å². The third-order valence-electron chi connectivity index (χ3n) is 2.47. The number of methoxy groups -OCH3 is 1. The van der Waals surface area contributed by atoms with Gasteiger partial charge in [0.05, 0.1) is 7.11 Å². The zero-order chi connectivity index (χ0) is 15.0. The number of hydrogen-bond donors (Lipinski definition) is 3. The topological polar surface area (TPSA) is 87.7 Å². The highest BCUT2D eigenvalue weighted by atomic mass is 79.9. The number of urea groups is 1. The van der Waals surface area contributed by atoms with Crippen LogP contribution in [0.1, 0.15) is 19.3 Å². The molecule has 0 aromatic heterocycles. The van der Waals surface area contributed by atoms with Crippen molar-refractivity contribution in [2.24, 2.45) is 0 Å². The smallest absolute Gasteiger partial charge is 0.319 e. The number of carbonyl (C=O) groups is 2. The van der Waals surface area contributed by atoms with Crippen LogP contribution in [-0.4, -0.2) is 30.8 Å². The van der Waals surface area contributed by atoms with Gasteiger partial charge in [0.1, 0.15) is 5.75 Å². The number of amides is 2. The molecule has 20 heavy (non-hydrogen) atoms. The summed E-state index contributed by atoms with van der Waals surface area (Å²) < 4.78 is 5.90. The van der Waals surface area contributed by atoms with Crippen LogP contribution in [0.15, 0.2) is 22.7 Å². The summed E-state index contributed by atoms with van der Waals surface area (Å²) in [6.45, 7) is 0.435. The summed E-state index contributed by atoms with van der Waals surface area (Å²) in [5.41, 5.74) is 0.610. The molecule has 6 nitrogen and oxygen atoms in total. The molecule has 0 spiro atoms. The van der Waals surface area contributed by atoms with Gasteiger partial charge in [-0.2, -0.15) is 0 Å². The monoisotopic (exact) mass is 344 g/mol. The Morgan fingerprint density at radius 2 is 2.05 bits per heavy atom. The molecule has 0 fully saturated rings. The molecule has 1 rings (SSSR count). The normalized spacial score (nSPS) is 9.90. The van der Waals surface area contributed by atoms with E-state index in [9.17, 15) is 9.59 Å². The van der Waals surface area contributed by atoms with Gasteiger partial charge >= 0.3 is 12.0 Å². The predicted molar refractivity (Wildman–Crippen MR) is 79.2 cm³/mol. The molecule has 2 amide bonds. The highest BCUT2D eigenvalue weighted by Gasteiger charge is 2.04. The van der Waals surface area contributed by atoms with Crippen molar-refractivity contribution in [3.05, 3.63) is 22.7 Å². The zero-order valence-corrected chi connectivity index (χ0v) is 12.7. The quantitative estimate of drug-likeness (QED) is 0.663. The van der Waals surface area contributed by atoms with E-state index in [-0.39, 0.29) is 12.5 Å². The van der Waals surface area contributed by atoms with Gasteiger partial charge in [0.2, 0.25) is 0 Å². The Kier molecular flexibility index (Phi) is 6.86. The summed E-state index contributed by atoms with van der Waals surface area (Å²) in [6.07, 6.45) is 1.29. The van der Waals surface area contributed by atoms with Crippen LogP contribution in [0.25, 0.3) is 0 Å². The number of carbonyl (C=O) groups excluding carboxylic acids is 1. The number of hydrogen-bond acceptors (Lipinski definition) is 3. The molecule has 0 atom stereocenters. The van der Waals surface area contributed by atoms with Crippen molar-refractivity contribution < 1.29 is 19.4 Å². The van der Waals surface area contributed by atoms with Gasteiger partial charge < -0.3 is 20.5 Å². The fourth-order valence-electron chi connectivity index (χ4n) is 1.53. The lowest BCUT2D eigenvalue weighted by molar-refractivity contribution is -0.137. The lowest BCUT2D eigenvalue weighted by Gasteiger charge is -2.09. The van der Waals surface area contributed by atoms with Crippen LogP contribution in [0, 0.1) is 0 Å². The van der Waals surface area contributed by atoms with Crippen molar-refractivity contribution >= 4 is 33.6 Å². The number of anilines is 1. The summed E-state index contributed by atoms with van der Waals surface area (Å²) in [5.74, 6) is -0.188. The maximum Gasteiger partial charge on any atom is 0.319 e. The Morgan fingerprint density at radius 1 is 1.30 bits per heavy atom. The van der Waals surface area contributed by atoms with E-state index in [4.69, 9.17) is 9.84 Å². The molecule has 3 N–H and O–H groups in total. The second-order valence-corrected chi connectivity index (χ2v) is 5.03. The summed E-state index contributed by atoms with van der Waals surface area (Å²) >= 11 is 3.32. The molecule has 7 heteroatoms. The molecular formula is C13H17BrN2O4. The first-order chi connectivity index (χ1) is 9.51. The number of unbranched alkanes of at least 4 members (excludes halogenated alkanes) is 1. The number of ether oxygens (including phenoxy) is 1. The Bertz CT molecular complexity index is 479. The van der Waals surface area contributed by atoms with Crippen LogP contribution in [0.2, 0.25) is 0 Å². The molecule has 1 aromatic carbocycles. The van der Waals surface area contributed by atoms with Crippen LogP contribution in [0.5, 0.6) is 5.75 Å². The Hall–Kier alpha value is -1.76. The molecule has 1 aromatic rings. The number of rotatable bonds is 7. The summed E-state index contributed by atoms with van der Waals surface area (Å²) in [5, 5.41) is 13.8. The van der Waals surface area contributed by atoms with E-state index in [0.29, 0.717) is 30.8 Å². The average Bonchev–Trinajstić information content (AvgIpc) is 2.37. The number of nitrogens with one attached hydrogen (secondary N) is 2. The zero-order valence-electron chi connectivity index (χ0n) is 11.1. The number of carboxylic acid groups (broad SMARTS) is 1. The van der Waals surface area contributed by atoms with E-state index in [1.165, 1.54) is 0 Å². The number of carboxylic acids is 1. The average molecular weight is 345 g/mol. The molecule has 0 heterocycles. The van der Waals surface area contributed by atoms with Crippen molar-refractivity contribution in [1.82, 2.24) is 5.32 Å². The van der Waals surface area contributed by atoms with Gasteiger partial charge in [-0.3, -0.25) is 4.79 Å². The highest BCUT2D eigenvalue weighted by molar-refractivity contribution is 9.10. The van der Waals surface area contributed by atoms with Gasteiger partial charge in [-0.15, -0.1) is 0 Å². The van der Waals surface area contributed by atoms with Gasteiger partial charge in [-0.1, -0.05) is 15.9 Å². The predicted octanol–water partition coefficient (Wildman–Crippen LogP) is 2.83. The van der Waals surface area contributed by atoms with E-state index in [1.54, 1.807) is 25.3 Å². The first-order valence-corrected chi connectivity index (χ1v) is 6.92. The SMILES string of the molecule is COc1cc(Br)cc(NC(=O)NCCCCC(=O)O)c1. The van der Waals surface area contributed by atoms with Crippen LogP contribution in [-0.2, 0) is 4.79 Å². The summed E-state index contributed by atoms with van der Waals surface area (Å²) in [7, 11) is 1.55. The van der Waals surface area contributed by atoms with E-state index in [0.717, 1.165) is 4.47 Å². The molecule has 0 aliphatic rings. The van der Waals surface area contributed by atoms with Crippen LogP contribution >= 0.6 is 15.9 Å². The van der Waals surface area contributed by atoms with E-state index >= 15 is 0 Å². The molecule has 110 valence electrons. The summed E-state index contributed by atoms with van der Waals surface area (Å²) in [6, 6.07) is 4.91. The maximum atomic E-state index is 11.6. The minimum Gasteiger partial charge on any atom is -0.497 e. The van der Waals surface area contributed by atoms with Crippen LogP contribution < -0.4 is 15.4 Å². The maximum absolute atomic E-state index is 11.6. The van der Waals surface area contributed by atoms with Crippen molar-refractivity contribution in [1.29, 1.82) is 0 Å². The number of halogens is 1.